The number of carbonyl (C=O) groups is 2. The first kappa shape index (κ1) is 39.2. The largest absolute Gasteiger partial charge is 0.503 e. The van der Waals surface area contributed by atoms with E-state index in [2.05, 4.69) is 26.8 Å². The number of nitrogens with zero attached hydrogens (tertiary/aromatic N) is 2. The van der Waals surface area contributed by atoms with Gasteiger partial charge in [0.05, 0.1) is 42.8 Å². The number of pyridine rings is 1. The second-order valence-electron chi connectivity index (χ2n) is 15.4. The normalized spacial score (nSPS) is 20.6. The van der Waals surface area contributed by atoms with Crippen LogP contribution in [0.15, 0.2) is 47.5 Å². The number of aliphatic imine (C=N–C) groups is 1. The van der Waals surface area contributed by atoms with E-state index in [1.165, 1.54) is 10.5 Å². The lowest BCUT2D eigenvalue weighted by Crippen LogP contribution is -3.13. The third-order valence-corrected chi connectivity index (χ3v) is 10.7. The number of halogens is 5. The van der Waals surface area contributed by atoms with Crippen molar-refractivity contribution in [3.63, 3.8) is 0 Å². The second kappa shape index (κ2) is 15.9. The lowest BCUT2D eigenvalue weighted by atomic mass is 9.71. The fourth-order valence-electron chi connectivity index (χ4n) is 7.21. The minimum absolute atomic E-state index is 0.0272. The van der Waals surface area contributed by atoms with E-state index >= 15 is 0 Å². The Labute approximate surface area is 301 Å². The minimum Gasteiger partial charge on any atom is -0.503 e. The van der Waals surface area contributed by atoms with E-state index in [1.807, 2.05) is 24.3 Å². The van der Waals surface area contributed by atoms with Crippen LogP contribution in [-0.2, 0) is 28.9 Å². The van der Waals surface area contributed by atoms with Gasteiger partial charge in [0.25, 0.3) is 0 Å². The number of carbonyl (C=O) groups excluding carboxylic acids is 2. The fourth-order valence-corrected chi connectivity index (χ4v) is 7.21. The van der Waals surface area contributed by atoms with Gasteiger partial charge in [-0.1, -0.05) is 45.0 Å². The van der Waals surface area contributed by atoms with E-state index in [-0.39, 0.29) is 23.2 Å². The fraction of sp³-hybridized carbons (Fsp3) is 0.500. The maximum absolute atomic E-state index is 14.0. The molecule has 280 valence electrons. The van der Waals surface area contributed by atoms with E-state index < -0.39 is 29.3 Å². The van der Waals surface area contributed by atoms with Crippen molar-refractivity contribution in [1.29, 1.82) is 0 Å². The van der Waals surface area contributed by atoms with Gasteiger partial charge >= 0.3 is 6.18 Å². The molecule has 3 aliphatic rings. The molecule has 0 spiro atoms. The SMILES string of the molecule is CC(=O)C(F)(F)F.CC(C)(C)[C@H]1CCc2nc3c(cc2C1)N=C(C(=O)C[C@H](CC[NH+]1CCC(O)CC1)c1ccc(-c2cc(F)c(O)c(F)c2)cc1)C3. The highest BCUT2D eigenvalue weighted by molar-refractivity contribution is 6.41. The molecule has 2 aliphatic heterocycles. The summed E-state index contributed by atoms with van der Waals surface area (Å²) in [7, 11) is 0. The standard InChI is InChI=1S/C37H43F2N3O3.C3H3F3O/c1-37(2,3)27-8-9-31-26(16-27)19-32-33(40-31)21-34(41-32)35(44)20-24(10-13-42-14-11-28(43)12-15-42)22-4-6-23(7-5-22)25-17-29(38)36(45)30(39)18-25;1-2(7)3(4,5)6/h4-7,17-19,24,27-28,43,45H,8-16,20-21H2,1-3H3;1H3/p+1/t24-,27-;/m0./s1. The second-order valence-corrected chi connectivity index (χ2v) is 15.4. The molecule has 0 amide bonds. The van der Waals surface area contributed by atoms with Gasteiger partial charge < -0.3 is 15.1 Å². The molecular formula is C40H47F5N3O4+. The number of rotatable bonds is 8. The zero-order valence-electron chi connectivity index (χ0n) is 30.0. The molecule has 6 rings (SSSR count). The van der Waals surface area contributed by atoms with Crippen molar-refractivity contribution in [3.05, 3.63) is 76.6 Å². The Morgan fingerprint density at radius 1 is 0.942 bits per heavy atom. The lowest BCUT2D eigenvalue weighted by molar-refractivity contribution is -0.906. The summed E-state index contributed by atoms with van der Waals surface area (Å²) in [5, 5.41) is 19.4. The van der Waals surface area contributed by atoms with E-state index in [1.54, 1.807) is 0 Å². The Bertz CT molecular complexity index is 1790. The zero-order chi connectivity index (χ0) is 38.0. The molecule has 3 aromatic rings. The van der Waals surface area contributed by atoms with Crippen LogP contribution in [0.3, 0.4) is 0 Å². The number of alkyl halides is 3. The van der Waals surface area contributed by atoms with E-state index in [0.717, 1.165) is 92.9 Å². The number of hydrogen-bond donors (Lipinski definition) is 3. The third kappa shape index (κ3) is 9.69. The Morgan fingerprint density at radius 3 is 2.13 bits per heavy atom. The zero-order valence-corrected chi connectivity index (χ0v) is 30.0. The molecule has 1 saturated heterocycles. The van der Waals surface area contributed by atoms with E-state index in [9.17, 15) is 41.8 Å². The summed E-state index contributed by atoms with van der Waals surface area (Å²) < 4.78 is 60.5. The van der Waals surface area contributed by atoms with Crippen LogP contribution >= 0.6 is 0 Å². The summed E-state index contributed by atoms with van der Waals surface area (Å²) >= 11 is 0. The van der Waals surface area contributed by atoms with Gasteiger partial charge in [-0.2, -0.15) is 13.2 Å². The highest BCUT2D eigenvalue weighted by Gasteiger charge is 2.34. The van der Waals surface area contributed by atoms with Crippen molar-refractivity contribution >= 4 is 23.0 Å². The number of piperidine rings is 1. The molecule has 7 nitrogen and oxygen atoms in total. The number of fused-ring (bicyclic) bond motifs is 2. The Kier molecular flexibility index (Phi) is 12.0. The van der Waals surface area contributed by atoms with Gasteiger partial charge in [0.1, 0.15) is 0 Å². The van der Waals surface area contributed by atoms with Crippen LogP contribution in [0.25, 0.3) is 11.1 Å². The van der Waals surface area contributed by atoms with Crippen LogP contribution in [0.5, 0.6) is 5.75 Å². The lowest BCUT2D eigenvalue weighted by Gasteiger charge is -2.34. The van der Waals surface area contributed by atoms with Crippen LogP contribution in [0.1, 0.15) is 88.2 Å². The number of aliphatic hydroxyl groups is 1. The molecule has 0 unspecified atom stereocenters. The number of benzene rings is 2. The first-order valence-electron chi connectivity index (χ1n) is 17.9. The van der Waals surface area contributed by atoms with Gasteiger partial charge in [0.15, 0.2) is 23.2 Å². The maximum Gasteiger partial charge on any atom is 0.449 e. The van der Waals surface area contributed by atoms with E-state index in [0.29, 0.717) is 42.5 Å². The van der Waals surface area contributed by atoms with Crippen LogP contribution in [0.4, 0.5) is 27.6 Å². The summed E-state index contributed by atoms with van der Waals surface area (Å²) in [5.41, 5.74) is 6.89. The molecule has 12 heteroatoms. The Balaban J connectivity index is 0.000000679. The van der Waals surface area contributed by atoms with Crippen molar-refractivity contribution in [3.8, 4) is 16.9 Å². The number of phenols is 1. The predicted octanol–water partition coefficient (Wildman–Crippen LogP) is 6.82. The number of aromatic nitrogens is 1. The molecule has 0 saturated carbocycles. The number of quaternary nitrogens is 1. The minimum atomic E-state index is -4.64. The smallest absolute Gasteiger partial charge is 0.449 e. The number of hydrogen-bond acceptors (Lipinski definition) is 6. The van der Waals surface area contributed by atoms with Crippen molar-refractivity contribution in [2.75, 3.05) is 19.6 Å². The molecule has 52 heavy (non-hydrogen) atoms. The van der Waals surface area contributed by atoms with Crippen molar-refractivity contribution in [1.82, 2.24) is 4.98 Å². The molecular weight excluding hydrogens is 681 g/mol. The first-order valence-corrected chi connectivity index (χ1v) is 17.9. The van der Waals surface area contributed by atoms with Crippen molar-refractivity contribution in [2.24, 2.45) is 16.3 Å². The van der Waals surface area contributed by atoms with E-state index in [4.69, 9.17) is 9.98 Å². The topological polar surface area (TPSA) is 104 Å². The summed E-state index contributed by atoms with van der Waals surface area (Å²) in [6.45, 7) is 10.1. The van der Waals surface area contributed by atoms with Gasteiger partial charge in [-0.15, -0.1) is 0 Å². The van der Waals surface area contributed by atoms with Gasteiger partial charge in [-0.3, -0.25) is 14.6 Å². The number of nitrogens with one attached hydrogen (secondary N) is 1. The number of phenolic OH excluding ortho intramolecular Hbond substituents is 1. The van der Waals surface area contributed by atoms with Crippen LogP contribution < -0.4 is 4.90 Å². The van der Waals surface area contributed by atoms with Crippen LogP contribution in [0, 0.1) is 23.0 Å². The molecule has 2 atom stereocenters. The molecule has 3 heterocycles. The number of ketones is 2. The summed E-state index contributed by atoms with van der Waals surface area (Å²) in [4.78, 5) is 34.3. The molecule has 2 aromatic carbocycles. The highest BCUT2D eigenvalue weighted by Crippen LogP contribution is 2.40. The molecule has 1 aliphatic carbocycles. The van der Waals surface area contributed by atoms with Gasteiger partial charge in [-0.25, -0.2) is 13.8 Å². The number of likely N-dealkylation sites (tertiary alicyclic amines) is 1. The maximum atomic E-state index is 14.0. The number of aromatic hydroxyl groups is 1. The average Bonchev–Trinajstić information content (AvgIpc) is 3.51. The first-order chi connectivity index (χ1) is 24.4. The van der Waals surface area contributed by atoms with Gasteiger partial charge in [0, 0.05) is 44.7 Å². The van der Waals surface area contributed by atoms with Crippen molar-refractivity contribution < 1.29 is 46.7 Å². The third-order valence-electron chi connectivity index (χ3n) is 10.7. The summed E-state index contributed by atoms with van der Waals surface area (Å²) in [5.74, 6) is -4.18. The molecule has 1 fully saturated rings. The Hall–Kier alpha value is -4.03. The average molecular weight is 729 g/mol. The van der Waals surface area contributed by atoms with Crippen LogP contribution in [-0.4, -0.2) is 64.4 Å². The number of Topliss-reactive ketones (excluding diaryl/α,β-unsaturated/α-hetero) is 2. The summed E-state index contributed by atoms with van der Waals surface area (Å²) in [6, 6.07) is 11.9. The number of aryl methyl sites for hydroxylation is 1. The van der Waals surface area contributed by atoms with Gasteiger partial charge in [0.2, 0.25) is 5.78 Å². The molecule has 1 aromatic heterocycles. The quantitative estimate of drug-likeness (QED) is 0.221. The highest BCUT2D eigenvalue weighted by atomic mass is 19.4. The predicted molar refractivity (Wildman–Crippen MR) is 188 cm³/mol. The summed E-state index contributed by atoms with van der Waals surface area (Å²) in [6.07, 6.45) is 1.36. The van der Waals surface area contributed by atoms with Gasteiger partial charge in [-0.05, 0) is 77.0 Å². The van der Waals surface area contributed by atoms with Crippen molar-refractivity contribution in [2.45, 2.75) is 97.3 Å². The molecule has 3 N–H and O–H groups in total. The van der Waals surface area contributed by atoms with Crippen LogP contribution in [0.2, 0.25) is 0 Å². The number of aliphatic hydroxyl groups excluding tert-OH is 1. The monoisotopic (exact) mass is 728 g/mol. The Morgan fingerprint density at radius 2 is 1.56 bits per heavy atom. The molecule has 0 radical (unpaired) electrons. The molecule has 0 bridgehead atoms.